The molecule has 2 aromatic rings. The van der Waals surface area contributed by atoms with E-state index in [1.165, 1.54) is 6.07 Å². The van der Waals surface area contributed by atoms with E-state index in [9.17, 15) is 14.7 Å². The zero-order valence-corrected chi connectivity index (χ0v) is 28.2. The number of halogens is 4. The topological polar surface area (TPSA) is 70.3 Å². The van der Waals surface area contributed by atoms with Crippen molar-refractivity contribution in [3.05, 3.63) is 72.5 Å². The summed E-state index contributed by atoms with van der Waals surface area (Å²) in [6, 6.07) is 13.6. The Kier molecular flexibility index (Phi) is 10.5. The van der Waals surface area contributed by atoms with Gasteiger partial charge in [-0.2, -0.15) is 6.07 Å². The molecular weight excluding hydrogens is 858 g/mol. The molecule has 30 heavy (non-hydrogen) atoms. The summed E-state index contributed by atoms with van der Waals surface area (Å²) in [6.45, 7) is 0. The number of aromatic carboxylic acids is 1. The van der Waals surface area contributed by atoms with E-state index in [4.69, 9.17) is 4.42 Å². The fraction of sp³-hybridized carbons (Fsp3) is 0. The van der Waals surface area contributed by atoms with Crippen LogP contribution < -0.4 is 69.6 Å². The maximum absolute atomic E-state index is 12.5. The molecule has 0 spiro atoms. The van der Waals surface area contributed by atoms with Crippen molar-refractivity contribution in [3.63, 3.8) is 0 Å². The van der Waals surface area contributed by atoms with Gasteiger partial charge < -0.3 is 14.3 Å². The molecule has 2 aliphatic rings. The third kappa shape index (κ3) is 5.11. The van der Waals surface area contributed by atoms with Crippen LogP contribution in [0.3, 0.4) is 0 Å². The third-order valence-electron chi connectivity index (χ3n) is 4.23. The van der Waals surface area contributed by atoms with E-state index < -0.39 is 5.97 Å². The van der Waals surface area contributed by atoms with Crippen LogP contribution in [0.4, 0.5) is 0 Å². The van der Waals surface area contributed by atoms with E-state index >= 15 is 0 Å². The molecule has 4 nitrogen and oxygen atoms in total. The molecule has 0 atom stereocenters. The molecule has 0 N–H and O–H groups in total. The number of carboxylic acid groups (broad SMARTS) is 1. The fourth-order valence-electron chi connectivity index (χ4n) is 3.08. The van der Waals surface area contributed by atoms with E-state index in [0.29, 0.717) is 35.2 Å². The van der Waals surface area contributed by atoms with Crippen molar-refractivity contribution < 1.29 is 73.4 Å². The van der Waals surface area contributed by atoms with Crippen LogP contribution in [0, 0.1) is 20.3 Å². The first kappa shape index (κ1) is 27.8. The first-order valence-electron chi connectivity index (χ1n) is 7.76. The van der Waals surface area contributed by atoms with Crippen LogP contribution in [-0.2, 0) is 0 Å². The second-order valence-corrected chi connectivity index (χ2v) is 10.3. The van der Waals surface area contributed by atoms with Crippen LogP contribution in [0.25, 0.3) is 33.4 Å². The van der Waals surface area contributed by atoms with Crippen molar-refractivity contribution in [3.8, 4) is 22.5 Å². The molecule has 1 aliphatic heterocycles. The van der Waals surface area contributed by atoms with Gasteiger partial charge in [0.2, 0.25) is 5.43 Å². The minimum Gasteiger partial charge on any atom is -0.545 e. The van der Waals surface area contributed by atoms with Crippen molar-refractivity contribution in [2.45, 2.75) is 0 Å². The quantitative estimate of drug-likeness (QED) is 0.114. The number of hydrogen-bond donors (Lipinski definition) is 0. The largest absolute Gasteiger partial charge is 1.00 e. The molecule has 10 heteroatoms. The summed E-state index contributed by atoms with van der Waals surface area (Å²) in [6.07, 6.45) is 0. The summed E-state index contributed by atoms with van der Waals surface area (Å²) < 4.78 is 8.79. The zero-order valence-electron chi connectivity index (χ0n) is 15.6. The number of carboxylic acids is 1. The van der Waals surface area contributed by atoms with E-state index in [-0.39, 0.29) is 70.1 Å². The second kappa shape index (κ2) is 11.3. The van der Waals surface area contributed by atoms with Gasteiger partial charge in [-0.15, -0.1) is 6.07 Å². The van der Waals surface area contributed by atoms with Crippen LogP contribution in [0.1, 0.15) is 10.4 Å². The summed E-state index contributed by atoms with van der Waals surface area (Å²) in [5, 5.41) is 12.6. The Morgan fingerprint density at radius 1 is 1.00 bits per heavy atom. The van der Waals surface area contributed by atoms with Crippen molar-refractivity contribution in [1.82, 2.24) is 0 Å². The number of benzene rings is 3. The molecule has 0 radical (unpaired) electrons. The minimum atomic E-state index is -1.26. The van der Waals surface area contributed by atoms with Crippen LogP contribution in [0.2, 0.25) is 0 Å². The van der Waals surface area contributed by atoms with E-state index in [0.717, 1.165) is 12.5 Å². The van der Waals surface area contributed by atoms with Gasteiger partial charge in [0.05, 0.1) is 9.54 Å². The predicted molar refractivity (Wildman–Crippen MR) is 139 cm³/mol. The fourth-order valence-corrected chi connectivity index (χ4v) is 6.66. The van der Waals surface area contributed by atoms with Gasteiger partial charge in [0.25, 0.3) is 0 Å². The summed E-state index contributed by atoms with van der Waals surface area (Å²) in [7, 11) is 0. The third-order valence-corrected chi connectivity index (χ3v) is 7.36. The number of carbonyl (C=O) groups excluding carboxylic acids is 1. The van der Waals surface area contributed by atoms with Crippen LogP contribution in [-0.4, -0.2) is 5.97 Å². The van der Waals surface area contributed by atoms with Crippen LogP contribution in [0.15, 0.2) is 45.6 Å². The molecule has 0 fully saturated rings. The molecule has 4 rings (SSSR count). The van der Waals surface area contributed by atoms with Crippen molar-refractivity contribution in [2.75, 3.05) is 0 Å². The Morgan fingerprint density at radius 3 is 2.33 bits per heavy atom. The average molecular weight is 864 g/mol. The van der Waals surface area contributed by atoms with Crippen LogP contribution in [0.5, 0.6) is 0 Å². The maximum Gasteiger partial charge on any atom is 1.00 e. The summed E-state index contributed by atoms with van der Waals surface area (Å²) in [5.41, 5.74) is 2.46. The van der Waals surface area contributed by atoms with Crippen molar-refractivity contribution >= 4 is 107 Å². The number of hydrogen-bond acceptors (Lipinski definition) is 4. The van der Waals surface area contributed by atoms with Gasteiger partial charge in [0.15, 0.2) is 0 Å². The Labute approximate surface area is 270 Å². The van der Waals surface area contributed by atoms with E-state index in [1.54, 1.807) is 24.3 Å². The van der Waals surface area contributed by atoms with E-state index in [1.807, 2.05) is 51.2 Å². The zero-order chi connectivity index (χ0) is 20.2. The molecular formula is C20H6I4Na2O4. The molecule has 1 heterocycles. The average Bonchev–Trinajstić information content (AvgIpc) is 2.65. The molecule has 0 bridgehead atoms. The standard InChI is InChI=1S/C20H7I4O4.2Na/c21-8-5-11-15(9-3-1-2-4-10(9)20(26)27)12-7-13(22)17(25)16(24)19(12)28-18(11)14(23)6-8;;/h1-5,7H,(H,26,27);;/q-1;2*+1/p-1. The SMILES string of the molecule is O=C([O-])c1ccccc1-c1c2cc(I)c(=O)c(I)c-2oc2c(I)[c-]c(I)cc12.[Na+].[Na+]. The first-order chi connectivity index (χ1) is 13.3. The van der Waals surface area contributed by atoms with Crippen molar-refractivity contribution in [2.24, 2.45) is 0 Å². The van der Waals surface area contributed by atoms with Gasteiger partial charge in [-0.3, -0.25) is 4.79 Å². The summed E-state index contributed by atoms with van der Waals surface area (Å²) in [5.74, 6) is -0.816. The van der Waals surface area contributed by atoms with Gasteiger partial charge in [-0.05, 0) is 62.4 Å². The van der Waals surface area contributed by atoms with Gasteiger partial charge in [-0.25, -0.2) is 0 Å². The molecule has 140 valence electrons. The molecule has 0 unspecified atom stereocenters. The van der Waals surface area contributed by atoms with Crippen molar-refractivity contribution in [1.29, 1.82) is 0 Å². The Balaban J connectivity index is 0.00000160. The molecule has 0 amide bonds. The Hall–Kier alpha value is 1.52. The smallest absolute Gasteiger partial charge is 0.545 e. The monoisotopic (exact) mass is 864 g/mol. The Bertz CT molecular complexity index is 1320. The first-order valence-corrected chi connectivity index (χ1v) is 12.1. The van der Waals surface area contributed by atoms with Gasteiger partial charge >= 0.3 is 59.1 Å². The maximum atomic E-state index is 12.5. The molecule has 0 saturated heterocycles. The molecule has 0 saturated carbocycles. The van der Waals surface area contributed by atoms with Gasteiger partial charge in [0, 0.05) is 16.7 Å². The normalized spacial score (nSPS) is 10.5. The number of fused-ring (bicyclic) bond motifs is 2. The number of carbonyl (C=O) groups is 1. The molecule has 1 aliphatic carbocycles. The molecule has 2 aromatic carbocycles. The molecule has 0 aromatic heterocycles. The second-order valence-electron chi connectivity index (χ2n) is 5.86. The van der Waals surface area contributed by atoms with Crippen LogP contribution >= 0.6 is 90.4 Å². The van der Waals surface area contributed by atoms with E-state index in [2.05, 4.69) is 51.2 Å². The summed E-state index contributed by atoms with van der Waals surface area (Å²) >= 11 is 8.29. The van der Waals surface area contributed by atoms with Gasteiger partial charge in [-0.1, -0.05) is 82.0 Å². The summed E-state index contributed by atoms with van der Waals surface area (Å²) in [4.78, 5) is 24.3. The van der Waals surface area contributed by atoms with Gasteiger partial charge in [0.1, 0.15) is 9.33 Å². The minimum absolute atomic E-state index is 0. The number of rotatable bonds is 2. The predicted octanol–water partition coefficient (Wildman–Crippen LogP) is -0.845. The Morgan fingerprint density at radius 2 is 1.67 bits per heavy atom.